The fourth-order valence-electron chi connectivity index (χ4n) is 3.68. The molecule has 0 atom stereocenters. The van der Waals surface area contributed by atoms with Gasteiger partial charge in [-0.25, -0.2) is 4.98 Å². The van der Waals surface area contributed by atoms with E-state index in [0.717, 1.165) is 29.7 Å². The molecule has 0 spiro atoms. The summed E-state index contributed by atoms with van der Waals surface area (Å²) in [4.78, 5) is 9.55. The van der Waals surface area contributed by atoms with Crippen LogP contribution < -0.4 is 14.5 Å². The van der Waals surface area contributed by atoms with E-state index in [-0.39, 0.29) is 0 Å². The first kappa shape index (κ1) is 18.8. The molecule has 1 aliphatic rings. The van der Waals surface area contributed by atoms with Crippen molar-refractivity contribution in [3.05, 3.63) is 70.7 Å². The van der Waals surface area contributed by atoms with Crippen LogP contribution in [0.5, 0.6) is 5.75 Å². The summed E-state index contributed by atoms with van der Waals surface area (Å²) in [6.45, 7) is 6.05. The van der Waals surface area contributed by atoms with E-state index < -0.39 is 0 Å². The van der Waals surface area contributed by atoms with Gasteiger partial charge in [0, 0.05) is 37.2 Å². The highest BCUT2D eigenvalue weighted by Crippen LogP contribution is 2.26. The van der Waals surface area contributed by atoms with Gasteiger partial charge in [-0.15, -0.1) is 11.3 Å². The van der Waals surface area contributed by atoms with E-state index in [4.69, 9.17) is 9.72 Å². The van der Waals surface area contributed by atoms with Crippen molar-refractivity contribution in [1.29, 1.82) is 0 Å². The van der Waals surface area contributed by atoms with Crippen molar-refractivity contribution in [2.45, 2.75) is 32.9 Å². The highest BCUT2D eigenvalue weighted by Gasteiger charge is 2.15. The van der Waals surface area contributed by atoms with Gasteiger partial charge in [-0.05, 0) is 55.2 Å². The van der Waals surface area contributed by atoms with Crippen LogP contribution in [0.25, 0.3) is 0 Å². The molecule has 1 fully saturated rings. The fourth-order valence-corrected chi connectivity index (χ4v) is 4.48. The quantitative estimate of drug-likeness (QED) is 0.547. The molecule has 2 aromatic carbocycles. The zero-order valence-electron chi connectivity index (χ0n) is 16.6. The third-order valence-corrected chi connectivity index (χ3v) is 6.19. The Balaban J connectivity index is 1.53. The Morgan fingerprint density at radius 2 is 1.79 bits per heavy atom. The Bertz CT molecular complexity index is 900. The van der Waals surface area contributed by atoms with Gasteiger partial charge in [-0.3, -0.25) is 0 Å². The first-order chi connectivity index (χ1) is 13.7. The Morgan fingerprint density at radius 3 is 2.46 bits per heavy atom. The molecule has 3 aromatic rings. The number of thiazole rings is 1. The Hall–Kier alpha value is -2.53. The van der Waals surface area contributed by atoms with Crippen molar-refractivity contribution in [1.82, 2.24) is 4.98 Å². The predicted octanol–water partition coefficient (Wildman–Crippen LogP) is 5.27. The Morgan fingerprint density at radius 1 is 1.04 bits per heavy atom. The van der Waals surface area contributed by atoms with E-state index in [1.54, 1.807) is 18.4 Å². The minimum absolute atomic E-state index is 0.804. The van der Waals surface area contributed by atoms with E-state index in [1.807, 2.05) is 12.1 Å². The monoisotopic (exact) mass is 393 g/mol. The predicted molar refractivity (Wildman–Crippen MR) is 118 cm³/mol. The molecule has 4 rings (SSSR count). The maximum Gasteiger partial charge on any atom is 0.186 e. The number of rotatable bonds is 7. The summed E-state index contributed by atoms with van der Waals surface area (Å²) >= 11 is 1.70. The van der Waals surface area contributed by atoms with Crippen LogP contribution in [0.4, 0.5) is 10.8 Å². The van der Waals surface area contributed by atoms with Gasteiger partial charge in [0.15, 0.2) is 5.13 Å². The third-order valence-electron chi connectivity index (χ3n) is 5.17. The SMILES string of the molecule is COc1cccc(CN(Cc2ccc(N3CCCC3)cc2)c2nc(C)cs2)c1. The van der Waals surface area contributed by atoms with Crippen molar-refractivity contribution < 1.29 is 4.74 Å². The molecule has 1 aromatic heterocycles. The first-order valence-electron chi connectivity index (χ1n) is 9.85. The lowest BCUT2D eigenvalue weighted by Gasteiger charge is -2.23. The number of ether oxygens (including phenoxy) is 1. The number of hydrogen-bond donors (Lipinski definition) is 0. The number of aromatic nitrogens is 1. The van der Waals surface area contributed by atoms with Gasteiger partial charge in [0.1, 0.15) is 5.75 Å². The lowest BCUT2D eigenvalue weighted by atomic mass is 10.1. The van der Waals surface area contributed by atoms with Crippen molar-refractivity contribution in [2.75, 3.05) is 30.0 Å². The second-order valence-corrected chi connectivity index (χ2v) is 8.18. The van der Waals surface area contributed by atoms with E-state index in [2.05, 4.69) is 58.5 Å². The molecule has 146 valence electrons. The molecule has 2 heterocycles. The standard InChI is InChI=1S/C23H27N3OS/c1-18-17-28-23(24-18)26(16-20-6-5-7-22(14-20)27-2)15-19-8-10-21(11-9-19)25-12-3-4-13-25/h5-11,14,17H,3-4,12-13,15-16H2,1-2H3. The van der Waals surface area contributed by atoms with Gasteiger partial charge in [0.25, 0.3) is 0 Å². The Kier molecular flexibility index (Phi) is 5.81. The van der Waals surface area contributed by atoms with Gasteiger partial charge in [-0.2, -0.15) is 0 Å². The first-order valence-corrected chi connectivity index (χ1v) is 10.7. The molecule has 0 amide bonds. The molecule has 5 heteroatoms. The van der Waals surface area contributed by atoms with Crippen LogP contribution in [0.1, 0.15) is 29.7 Å². The van der Waals surface area contributed by atoms with Crippen LogP contribution in [-0.2, 0) is 13.1 Å². The summed E-state index contributed by atoms with van der Waals surface area (Å²) < 4.78 is 5.39. The smallest absolute Gasteiger partial charge is 0.186 e. The van der Waals surface area contributed by atoms with Gasteiger partial charge < -0.3 is 14.5 Å². The minimum atomic E-state index is 0.804. The number of benzene rings is 2. The number of hydrogen-bond acceptors (Lipinski definition) is 5. The normalized spacial score (nSPS) is 13.7. The molecule has 0 N–H and O–H groups in total. The zero-order valence-corrected chi connectivity index (χ0v) is 17.4. The van der Waals surface area contributed by atoms with Gasteiger partial charge >= 0.3 is 0 Å². The summed E-state index contributed by atoms with van der Waals surface area (Å²) in [5.74, 6) is 0.891. The zero-order chi connectivity index (χ0) is 19.3. The molecule has 1 aliphatic heterocycles. The minimum Gasteiger partial charge on any atom is -0.497 e. The third kappa shape index (κ3) is 4.47. The lowest BCUT2D eigenvalue weighted by Crippen LogP contribution is -2.22. The highest BCUT2D eigenvalue weighted by atomic mass is 32.1. The maximum atomic E-state index is 5.39. The number of aryl methyl sites for hydroxylation is 1. The molecule has 4 nitrogen and oxygen atoms in total. The van der Waals surface area contributed by atoms with Gasteiger partial charge in [-0.1, -0.05) is 24.3 Å². The summed E-state index contributed by atoms with van der Waals surface area (Å²) in [6.07, 6.45) is 2.61. The molecule has 0 aliphatic carbocycles. The molecule has 0 unspecified atom stereocenters. The summed E-state index contributed by atoms with van der Waals surface area (Å²) in [5, 5.41) is 3.17. The van der Waals surface area contributed by atoms with E-state index in [9.17, 15) is 0 Å². The second kappa shape index (κ2) is 8.65. The van der Waals surface area contributed by atoms with Crippen LogP contribution >= 0.6 is 11.3 Å². The fraction of sp³-hybridized carbons (Fsp3) is 0.348. The molecule has 28 heavy (non-hydrogen) atoms. The molecule has 0 bridgehead atoms. The second-order valence-electron chi connectivity index (χ2n) is 7.34. The van der Waals surface area contributed by atoms with Gasteiger partial charge in [0.05, 0.1) is 12.8 Å². The topological polar surface area (TPSA) is 28.6 Å². The maximum absolute atomic E-state index is 5.39. The van der Waals surface area contributed by atoms with Crippen molar-refractivity contribution in [3.8, 4) is 5.75 Å². The average Bonchev–Trinajstić information content (AvgIpc) is 3.40. The van der Waals surface area contributed by atoms with Crippen LogP contribution in [0, 0.1) is 6.92 Å². The number of methoxy groups -OCH3 is 1. The molecule has 0 radical (unpaired) electrons. The summed E-state index contributed by atoms with van der Waals surface area (Å²) in [7, 11) is 1.71. The van der Waals surface area contributed by atoms with Crippen molar-refractivity contribution in [2.24, 2.45) is 0 Å². The summed E-state index contributed by atoms with van der Waals surface area (Å²) in [6, 6.07) is 17.3. The number of nitrogens with zero attached hydrogens (tertiary/aromatic N) is 3. The number of anilines is 2. The van der Waals surface area contributed by atoms with Crippen molar-refractivity contribution >= 4 is 22.2 Å². The van der Waals surface area contributed by atoms with Gasteiger partial charge in [0.2, 0.25) is 0 Å². The van der Waals surface area contributed by atoms with Crippen LogP contribution in [0.15, 0.2) is 53.9 Å². The van der Waals surface area contributed by atoms with Crippen LogP contribution in [-0.4, -0.2) is 25.2 Å². The molecular formula is C23H27N3OS. The largest absolute Gasteiger partial charge is 0.497 e. The molecule has 1 saturated heterocycles. The Labute approximate surface area is 171 Å². The molecular weight excluding hydrogens is 366 g/mol. The van der Waals surface area contributed by atoms with E-state index in [1.165, 1.54) is 42.7 Å². The van der Waals surface area contributed by atoms with Crippen molar-refractivity contribution in [3.63, 3.8) is 0 Å². The van der Waals surface area contributed by atoms with E-state index in [0.29, 0.717) is 0 Å². The molecule has 0 saturated carbocycles. The summed E-state index contributed by atoms with van der Waals surface area (Å²) in [5.41, 5.74) is 4.94. The highest BCUT2D eigenvalue weighted by molar-refractivity contribution is 7.13. The average molecular weight is 394 g/mol. The van der Waals surface area contributed by atoms with E-state index >= 15 is 0 Å². The van der Waals surface area contributed by atoms with Crippen LogP contribution in [0.3, 0.4) is 0 Å². The van der Waals surface area contributed by atoms with Crippen LogP contribution in [0.2, 0.25) is 0 Å². The lowest BCUT2D eigenvalue weighted by molar-refractivity contribution is 0.414.